The Kier molecular flexibility index (Phi) is 6.20. The number of pyridine rings is 2. The average Bonchev–Trinajstić information content (AvgIpc) is 3.22. The summed E-state index contributed by atoms with van der Waals surface area (Å²) in [6.07, 6.45) is 2.94. The fourth-order valence-corrected chi connectivity index (χ4v) is 3.31. The number of anilines is 1. The highest BCUT2D eigenvalue weighted by atomic mass is 16.6. The van der Waals surface area contributed by atoms with Gasteiger partial charge >= 0.3 is 0 Å². The molecule has 1 aliphatic heterocycles. The summed E-state index contributed by atoms with van der Waals surface area (Å²) in [5, 5.41) is 4.26. The minimum absolute atomic E-state index is 0.199. The number of hydrogen-bond acceptors (Lipinski definition) is 7. The molecule has 0 amide bonds. The maximum absolute atomic E-state index is 6.10. The van der Waals surface area contributed by atoms with Crippen molar-refractivity contribution in [2.45, 2.75) is 32.2 Å². The second-order valence-electron chi connectivity index (χ2n) is 7.12. The van der Waals surface area contributed by atoms with Gasteiger partial charge in [-0.1, -0.05) is 35.5 Å². The first kappa shape index (κ1) is 19.8. The Morgan fingerprint density at radius 3 is 2.60 bits per heavy atom. The molecule has 2 N–H and O–H groups in total. The number of nitrogen functional groups attached to an aromatic ring is 1. The number of nitrogens with zero attached hydrogens (tertiary/aromatic N) is 3. The van der Waals surface area contributed by atoms with Gasteiger partial charge in [0.15, 0.2) is 6.10 Å². The lowest BCUT2D eigenvalue weighted by Crippen LogP contribution is -2.08. The molecular formula is C23H24N4O3. The SMILES string of the molecule is COCc1ccc(C2CC(Cc3ccc(COc4ccccn4)cc3)=NO2)c(N)n1. The number of hydrogen-bond donors (Lipinski definition) is 1. The quantitative estimate of drug-likeness (QED) is 0.613. The van der Waals surface area contributed by atoms with Crippen LogP contribution in [0.25, 0.3) is 0 Å². The number of oxime groups is 1. The minimum Gasteiger partial charge on any atom is -0.473 e. The number of aromatic nitrogens is 2. The van der Waals surface area contributed by atoms with Crippen LogP contribution in [0.4, 0.5) is 5.82 Å². The van der Waals surface area contributed by atoms with Crippen LogP contribution in [0.2, 0.25) is 0 Å². The van der Waals surface area contributed by atoms with Gasteiger partial charge in [-0.3, -0.25) is 0 Å². The zero-order chi connectivity index (χ0) is 20.8. The van der Waals surface area contributed by atoms with Crippen molar-refractivity contribution in [1.82, 2.24) is 9.97 Å². The van der Waals surface area contributed by atoms with E-state index in [4.69, 9.17) is 20.0 Å². The normalized spacial score (nSPS) is 15.5. The van der Waals surface area contributed by atoms with Crippen molar-refractivity contribution in [2.24, 2.45) is 5.16 Å². The highest BCUT2D eigenvalue weighted by Crippen LogP contribution is 2.31. The molecule has 3 aromatic rings. The van der Waals surface area contributed by atoms with Gasteiger partial charge in [0.05, 0.1) is 18.0 Å². The van der Waals surface area contributed by atoms with Crippen LogP contribution in [0.1, 0.15) is 34.9 Å². The van der Waals surface area contributed by atoms with E-state index in [2.05, 4.69) is 39.4 Å². The molecule has 7 heteroatoms. The molecule has 1 aromatic carbocycles. The van der Waals surface area contributed by atoms with Gasteiger partial charge in [0, 0.05) is 37.8 Å². The Bertz CT molecular complexity index is 1010. The second kappa shape index (κ2) is 9.37. The summed E-state index contributed by atoms with van der Waals surface area (Å²) in [7, 11) is 1.63. The Balaban J connectivity index is 1.31. The van der Waals surface area contributed by atoms with E-state index >= 15 is 0 Å². The van der Waals surface area contributed by atoms with Crippen LogP contribution in [0.15, 0.2) is 65.9 Å². The van der Waals surface area contributed by atoms with E-state index in [1.165, 1.54) is 5.56 Å². The lowest BCUT2D eigenvalue weighted by Gasteiger charge is -2.12. The highest BCUT2D eigenvalue weighted by molar-refractivity contribution is 5.87. The Labute approximate surface area is 175 Å². The van der Waals surface area contributed by atoms with Gasteiger partial charge in [-0.15, -0.1) is 0 Å². The molecule has 0 radical (unpaired) electrons. The molecule has 2 aromatic heterocycles. The standard InChI is InChI=1S/C23H24N4O3/c1-28-15-18-9-10-20(23(24)26-18)21-13-19(27-30-21)12-16-5-7-17(8-6-16)14-29-22-4-2-3-11-25-22/h2-11,21H,12-15H2,1H3,(H2,24,26). The summed E-state index contributed by atoms with van der Waals surface area (Å²) in [6, 6.07) is 17.7. The maximum atomic E-state index is 6.10. The van der Waals surface area contributed by atoms with Crippen LogP contribution in [0.5, 0.6) is 5.88 Å². The Morgan fingerprint density at radius 2 is 1.87 bits per heavy atom. The summed E-state index contributed by atoms with van der Waals surface area (Å²) in [5.74, 6) is 1.08. The van der Waals surface area contributed by atoms with Crippen molar-refractivity contribution in [2.75, 3.05) is 12.8 Å². The number of benzene rings is 1. The molecule has 0 spiro atoms. The van der Waals surface area contributed by atoms with Crippen LogP contribution in [-0.4, -0.2) is 22.8 Å². The summed E-state index contributed by atoms with van der Waals surface area (Å²) >= 11 is 0. The molecule has 4 rings (SSSR count). The molecule has 0 saturated heterocycles. The zero-order valence-electron chi connectivity index (χ0n) is 16.8. The van der Waals surface area contributed by atoms with Crippen LogP contribution in [-0.2, 0) is 29.2 Å². The fraction of sp³-hybridized carbons (Fsp3) is 0.261. The van der Waals surface area contributed by atoms with Gasteiger partial charge in [0.25, 0.3) is 0 Å². The smallest absolute Gasteiger partial charge is 0.213 e. The second-order valence-corrected chi connectivity index (χ2v) is 7.12. The van der Waals surface area contributed by atoms with Gasteiger partial charge in [-0.05, 0) is 29.3 Å². The first-order valence-corrected chi connectivity index (χ1v) is 9.78. The topological polar surface area (TPSA) is 91.8 Å². The van der Waals surface area contributed by atoms with Gasteiger partial charge < -0.3 is 20.0 Å². The molecule has 7 nitrogen and oxygen atoms in total. The predicted molar refractivity (Wildman–Crippen MR) is 114 cm³/mol. The summed E-state index contributed by atoms with van der Waals surface area (Å²) in [6.45, 7) is 0.912. The molecule has 3 heterocycles. The van der Waals surface area contributed by atoms with Crippen LogP contribution >= 0.6 is 0 Å². The van der Waals surface area contributed by atoms with Crippen molar-refractivity contribution >= 4 is 11.5 Å². The molecule has 30 heavy (non-hydrogen) atoms. The van der Waals surface area contributed by atoms with Crippen LogP contribution in [0.3, 0.4) is 0 Å². The maximum Gasteiger partial charge on any atom is 0.213 e. The molecule has 1 aliphatic rings. The third kappa shape index (κ3) is 4.93. The van der Waals surface area contributed by atoms with Crippen molar-refractivity contribution in [3.8, 4) is 5.88 Å². The van der Waals surface area contributed by atoms with E-state index in [-0.39, 0.29) is 6.10 Å². The molecule has 0 bridgehead atoms. The lowest BCUT2D eigenvalue weighted by atomic mass is 10.00. The molecule has 0 aliphatic carbocycles. The van der Waals surface area contributed by atoms with Crippen molar-refractivity contribution in [3.63, 3.8) is 0 Å². The Morgan fingerprint density at radius 1 is 1.03 bits per heavy atom. The zero-order valence-corrected chi connectivity index (χ0v) is 16.8. The van der Waals surface area contributed by atoms with Crippen LogP contribution in [0, 0.1) is 0 Å². The highest BCUT2D eigenvalue weighted by Gasteiger charge is 2.25. The summed E-state index contributed by atoms with van der Waals surface area (Å²) in [5.41, 5.74) is 11.0. The van der Waals surface area contributed by atoms with Gasteiger partial charge in [0.2, 0.25) is 5.88 Å². The first-order valence-electron chi connectivity index (χ1n) is 9.78. The van der Waals surface area contributed by atoms with Crippen molar-refractivity contribution < 1.29 is 14.3 Å². The Hall–Kier alpha value is -3.45. The largest absolute Gasteiger partial charge is 0.473 e. The number of nitrogens with two attached hydrogens (primary N) is 1. The predicted octanol–water partition coefficient (Wildman–Crippen LogP) is 3.84. The monoisotopic (exact) mass is 404 g/mol. The number of rotatable bonds is 8. The number of ether oxygens (including phenoxy) is 2. The molecule has 0 fully saturated rings. The molecule has 1 atom stereocenters. The summed E-state index contributed by atoms with van der Waals surface area (Å²) in [4.78, 5) is 14.2. The van der Waals surface area contributed by atoms with E-state index < -0.39 is 0 Å². The third-order valence-corrected chi connectivity index (χ3v) is 4.84. The van der Waals surface area contributed by atoms with Gasteiger partial charge in [0.1, 0.15) is 12.4 Å². The first-order chi connectivity index (χ1) is 14.7. The molecule has 0 saturated carbocycles. The molecule has 1 unspecified atom stereocenters. The molecular weight excluding hydrogens is 380 g/mol. The third-order valence-electron chi connectivity index (χ3n) is 4.84. The summed E-state index contributed by atoms with van der Waals surface area (Å²) < 4.78 is 10.8. The van der Waals surface area contributed by atoms with E-state index in [0.29, 0.717) is 31.3 Å². The van der Waals surface area contributed by atoms with Crippen molar-refractivity contribution in [1.29, 1.82) is 0 Å². The van der Waals surface area contributed by atoms with Gasteiger partial charge in [-0.2, -0.15) is 0 Å². The van der Waals surface area contributed by atoms with Gasteiger partial charge in [-0.25, -0.2) is 9.97 Å². The fourth-order valence-electron chi connectivity index (χ4n) is 3.31. The number of methoxy groups -OCH3 is 1. The van der Waals surface area contributed by atoms with E-state index in [1.54, 1.807) is 13.3 Å². The average molecular weight is 404 g/mol. The van der Waals surface area contributed by atoms with E-state index in [9.17, 15) is 0 Å². The van der Waals surface area contributed by atoms with Crippen molar-refractivity contribution in [3.05, 3.63) is 83.2 Å². The van der Waals surface area contributed by atoms with E-state index in [1.807, 2.05) is 30.3 Å². The molecule has 154 valence electrons. The minimum atomic E-state index is -0.199. The van der Waals surface area contributed by atoms with Crippen LogP contribution < -0.4 is 10.5 Å². The lowest BCUT2D eigenvalue weighted by molar-refractivity contribution is 0.0859. The van der Waals surface area contributed by atoms with E-state index in [0.717, 1.165) is 29.0 Å².